The molecule has 0 spiro atoms. The van der Waals surface area contributed by atoms with Crippen molar-refractivity contribution in [2.75, 3.05) is 0 Å². The Kier molecular flexibility index (Phi) is 4.90. The maximum absolute atomic E-state index is 13.0. The summed E-state index contributed by atoms with van der Waals surface area (Å²) in [6.07, 6.45) is 0.655. The first-order chi connectivity index (χ1) is 11.8. The second-order valence-electron chi connectivity index (χ2n) is 6.09. The number of carbonyl (C=O) groups excluding carboxylic acids is 1. The zero-order chi connectivity index (χ0) is 18.2. The summed E-state index contributed by atoms with van der Waals surface area (Å²) in [5.74, 6) is -0.165. The van der Waals surface area contributed by atoms with Crippen LogP contribution in [0.4, 0.5) is 13.2 Å². The number of nitrogens with zero attached hydrogens (tertiary/aromatic N) is 4. The molecule has 10 heteroatoms. The fourth-order valence-corrected chi connectivity index (χ4v) is 3.44. The molecule has 2 aromatic heterocycles. The van der Waals surface area contributed by atoms with Crippen molar-refractivity contribution in [2.24, 2.45) is 7.05 Å². The minimum Gasteiger partial charge on any atom is -0.352 e. The van der Waals surface area contributed by atoms with Crippen LogP contribution in [0.25, 0.3) is 0 Å². The molecule has 0 aliphatic heterocycles. The number of nitrogens with one attached hydrogen (secondary N) is 1. The lowest BCUT2D eigenvalue weighted by Gasteiger charge is -2.07. The summed E-state index contributed by atoms with van der Waals surface area (Å²) in [6, 6.07) is 0. The molecule has 1 amide bonds. The molecule has 2 aromatic rings. The van der Waals surface area contributed by atoms with Gasteiger partial charge in [0.2, 0.25) is 5.91 Å². The van der Waals surface area contributed by atoms with Crippen LogP contribution in [0, 0.1) is 0 Å². The second kappa shape index (κ2) is 6.81. The lowest BCUT2D eigenvalue weighted by atomic mass is 10.2. The third-order valence-electron chi connectivity index (χ3n) is 3.96. The molecule has 1 aliphatic rings. The van der Waals surface area contributed by atoms with Crippen LogP contribution in [-0.2, 0) is 31.1 Å². The summed E-state index contributed by atoms with van der Waals surface area (Å²) in [6.45, 7) is 0.443. The highest BCUT2D eigenvalue weighted by atomic mass is 79.9. The Morgan fingerprint density at radius 2 is 2.16 bits per heavy atom. The molecule has 0 radical (unpaired) electrons. The summed E-state index contributed by atoms with van der Waals surface area (Å²) >= 11 is 3.04. The van der Waals surface area contributed by atoms with Gasteiger partial charge in [0.1, 0.15) is 0 Å². The van der Waals surface area contributed by atoms with Gasteiger partial charge in [-0.1, -0.05) is 0 Å². The number of hydrogen-bond donors (Lipinski definition) is 1. The average molecular weight is 420 g/mol. The third kappa shape index (κ3) is 4.23. The molecular weight excluding hydrogens is 403 g/mol. The summed E-state index contributed by atoms with van der Waals surface area (Å²) in [7, 11) is 1.78. The summed E-state index contributed by atoms with van der Waals surface area (Å²) < 4.78 is 42.1. The van der Waals surface area contributed by atoms with Crippen LogP contribution < -0.4 is 5.32 Å². The lowest BCUT2D eigenvalue weighted by Crippen LogP contribution is -2.24. The van der Waals surface area contributed by atoms with Crippen molar-refractivity contribution in [1.29, 1.82) is 0 Å². The van der Waals surface area contributed by atoms with E-state index in [0.29, 0.717) is 12.2 Å². The highest BCUT2D eigenvalue weighted by molar-refractivity contribution is 9.10. The van der Waals surface area contributed by atoms with Crippen LogP contribution in [0.1, 0.15) is 42.1 Å². The van der Waals surface area contributed by atoms with E-state index in [4.69, 9.17) is 0 Å². The van der Waals surface area contributed by atoms with Crippen LogP contribution in [0.3, 0.4) is 0 Å². The normalized spacial score (nSPS) is 14.8. The number of aromatic nitrogens is 4. The number of carbonyl (C=O) groups is 1. The quantitative estimate of drug-likeness (QED) is 0.782. The Bertz CT molecular complexity index is 779. The smallest absolute Gasteiger partial charge is 0.352 e. The molecule has 0 atom stereocenters. The fraction of sp³-hybridized carbons (Fsp3) is 0.533. The fourth-order valence-electron chi connectivity index (χ4n) is 2.61. The predicted molar refractivity (Wildman–Crippen MR) is 86.6 cm³/mol. The highest BCUT2D eigenvalue weighted by Crippen LogP contribution is 2.46. The van der Waals surface area contributed by atoms with Crippen LogP contribution in [0.2, 0.25) is 0 Å². The number of alkyl halides is 3. The van der Waals surface area contributed by atoms with E-state index in [9.17, 15) is 18.0 Å². The maximum Gasteiger partial charge on any atom is 0.436 e. The first-order valence-electron chi connectivity index (χ1n) is 7.83. The highest BCUT2D eigenvalue weighted by Gasteiger charge is 2.41. The molecule has 3 rings (SSSR count). The molecule has 2 heterocycles. The van der Waals surface area contributed by atoms with Gasteiger partial charge in [0.25, 0.3) is 0 Å². The van der Waals surface area contributed by atoms with Gasteiger partial charge in [-0.25, -0.2) is 0 Å². The molecule has 1 fully saturated rings. The molecule has 1 saturated carbocycles. The Hall–Kier alpha value is -1.84. The van der Waals surface area contributed by atoms with Gasteiger partial charge >= 0.3 is 6.18 Å². The van der Waals surface area contributed by atoms with Crippen molar-refractivity contribution in [3.8, 4) is 0 Å². The zero-order valence-corrected chi connectivity index (χ0v) is 15.1. The Balaban J connectivity index is 1.63. The maximum atomic E-state index is 13.0. The van der Waals surface area contributed by atoms with E-state index in [2.05, 4.69) is 31.4 Å². The lowest BCUT2D eigenvalue weighted by molar-refractivity contribution is -0.142. The van der Waals surface area contributed by atoms with E-state index in [0.717, 1.165) is 18.4 Å². The van der Waals surface area contributed by atoms with Crippen LogP contribution in [0.5, 0.6) is 0 Å². The third-order valence-corrected chi connectivity index (χ3v) is 4.74. The minimum atomic E-state index is -4.52. The minimum absolute atomic E-state index is 0.00160. The van der Waals surface area contributed by atoms with Gasteiger partial charge in [0, 0.05) is 37.7 Å². The average Bonchev–Trinajstić information content (AvgIpc) is 3.18. The zero-order valence-electron chi connectivity index (χ0n) is 13.5. The number of rotatable bonds is 6. The van der Waals surface area contributed by atoms with Crippen molar-refractivity contribution in [2.45, 2.75) is 44.4 Å². The van der Waals surface area contributed by atoms with E-state index < -0.39 is 11.9 Å². The SMILES string of the molecule is Cn1cc(CNC(=O)CCn2nc(C(F)(F)F)c(Br)c2C2CC2)cn1. The van der Waals surface area contributed by atoms with Crippen molar-refractivity contribution in [3.05, 3.63) is 33.8 Å². The first-order valence-corrected chi connectivity index (χ1v) is 8.62. The Labute approximate surface area is 150 Å². The predicted octanol–water partition coefficient (Wildman–Crippen LogP) is 2.98. The van der Waals surface area contributed by atoms with E-state index in [-0.39, 0.29) is 29.3 Å². The topological polar surface area (TPSA) is 64.7 Å². The first kappa shape index (κ1) is 18.0. The van der Waals surface area contributed by atoms with E-state index in [1.807, 2.05) is 0 Å². The Morgan fingerprint density at radius 3 is 2.72 bits per heavy atom. The molecule has 0 bridgehead atoms. The van der Waals surface area contributed by atoms with Gasteiger partial charge in [-0.05, 0) is 28.8 Å². The van der Waals surface area contributed by atoms with Gasteiger partial charge in [0.05, 0.1) is 22.9 Å². The number of hydrogen-bond acceptors (Lipinski definition) is 3. The molecule has 136 valence electrons. The number of amides is 1. The molecule has 0 unspecified atom stereocenters. The van der Waals surface area contributed by atoms with Crippen LogP contribution >= 0.6 is 15.9 Å². The number of aryl methyl sites for hydroxylation is 2. The monoisotopic (exact) mass is 419 g/mol. The van der Waals surface area contributed by atoms with Crippen molar-refractivity contribution in [1.82, 2.24) is 24.9 Å². The molecule has 1 aliphatic carbocycles. The van der Waals surface area contributed by atoms with Crippen molar-refractivity contribution >= 4 is 21.8 Å². The molecule has 25 heavy (non-hydrogen) atoms. The van der Waals surface area contributed by atoms with Gasteiger partial charge in [0.15, 0.2) is 5.69 Å². The second-order valence-corrected chi connectivity index (χ2v) is 6.88. The summed E-state index contributed by atoms with van der Waals surface area (Å²) in [5, 5.41) is 10.4. The standard InChI is InChI=1S/C15H17BrF3N5O/c1-23-8-9(7-21-23)6-20-11(25)4-5-24-13(10-2-3-10)12(16)14(22-24)15(17,18)19/h7-8,10H,2-6H2,1H3,(H,20,25). The van der Waals surface area contributed by atoms with Gasteiger partial charge < -0.3 is 5.32 Å². The molecule has 0 aromatic carbocycles. The van der Waals surface area contributed by atoms with Gasteiger partial charge in [-0.15, -0.1) is 0 Å². The summed E-state index contributed by atoms with van der Waals surface area (Å²) in [5.41, 5.74) is 0.466. The van der Waals surface area contributed by atoms with Crippen molar-refractivity contribution < 1.29 is 18.0 Å². The van der Waals surface area contributed by atoms with E-state index >= 15 is 0 Å². The molecule has 0 saturated heterocycles. The van der Waals surface area contributed by atoms with E-state index in [1.54, 1.807) is 24.1 Å². The largest absolute Gasteiger partial charge is 0.436 e. The number of halogens is 4. The van der Waals surface area contributed by atoms with Crippen LogP contribution in [-0.4, -0.2) is 25.5 Å². The van der Waals surface area contributed by atoms with Gasteiger partial charge in [-0.2, -0.15) is 23.4 Å². The molecule has 1 N–H and O–H groups in total. The summed E-state index contributed by atoms with van der Waals surface area (Å²) in [4.78, 5) is 12.0. The molecular formula is C15H17BrF3N5O. The van der Waals surface area contributed by atoms with Gasteiger partial charge in [-0.3, -0.25) is 14.2 Å². The molecule has 6 nitrogen and oxygen atoms in total. The van der Waals surface area contributed by atoms with E-state index in [1.165, 1.54) is 4.68 Å². The van der Waals surface area contributed by atoms with Crippen molar-refractivity contribution in [3.63, 3.8) is 0 Å². The van der Waals surface area contributed by atoms with Crippen LogP contribution in [0.15, 0.2) is 16.9 Å². The Morgan fingerprint density at radius 1 is 1.44 bits per heavy atom.